The number of imidazole rings is 1. The number of aromatic nitrogens is 2. The fourth-order valence-electron chi connectivity index (χ4n) is 2.00. The zero-order valence-electron chi connectivity index (χ0n) is 10.8. The number of halogens is 3. The van der Waals surface area contributed by atoms with E-state index < -0.39 is 11.7 Å². The Hall–Kier alpha value is -2.29. The van der Waals surface area contributed by atoms with Gasteiger partial charge < -0.3 is 4.57 Å². The topological polar surface area (TPSA) is 41.6 Å². The minimum Gasteiger partial charge on any atom is -0.304 e. The summed E-state index contributed by atoms with van der Waals surface area (Å²) in [6.07, 6.45) is 0.340. The highest BCUT2D eigenvalue weighted by Crippen LogP contribution is 2.32. The van der Waals surface area contributed by atoms with E-state index in [9.17, 15) is 13.2 Å². The van der Waals surface area contributed by atoms with Gasteiger partial charge in [0.15, 0.2) is 0 Å². The van der Waals surface area contributed by atoms with Crippen LogP contribution in [0, 0.1) is 11.3 Å². The molecule has 0 bridgehead atoms. The second-order valence-electron chi connectivity index (χ2n) is 4.30. The molecule has 0 N–H and O–H groups in total. The quantitative estimate of drug-likeness (QED) is 0.859. The SMILES string of the molecule is CCCc1nccn1-c1ccc(C(F)(F)F)c(C#N)c1. The predicted octanol–water partition coefficient (Wildman–Crippen LogP) is 3.72. The van der Waals surface area contributed by atoms with Crippen molar-refractivity contribution in [3.63, 3.8) is 0 Å². The number of alkyl halides is 3. The lowest BCUT2D eigenvalue weighted by molar-refractivity contribution is -0.137. The van der Waals surface area contributed by atoms with Gasteiger partial charge in [-0.15, -0.1) is 0 Å². The molecule has 3 nitrogen and oxygen atoms in total. The summed E-state index contributed by atoms with van der Waals surface area (Å²) >= 11 is 0. The lowest BCUT2D eigenvalue weighted by Gasteiger charge is -2.12. The van der Waals surface area contributed by atoms with Crippen LogP contribution in [-0.4, -0.2) is 9.55 Å². The van der Waals surface area contributed by atoms with Crippen molar-refractivity contribution in [2.75, 3.05) is 0 Å². The number of rotatable bonds is 3. The Morgan fingerprint density at radius 2 is 2.10 bits per heavy atom. The summed E-state index contributed by atoms with van der Waals surface area (Å²) in [7, 11) is 0. The van der Waals surface area contributed by atoms with Crippen molar-refractivity contribution in [3.8, 4) is 11.8 Å². The molecule has 0 unspecified atom stereocenters. The van der Waals surface area contributed by atoms with Crippen LogP contribution < -0.4 is 0 Å². The first-order chi connectivity index (χ1) is 9.47. The molecule has 0 spiro atoms. The fraction of sp³-hybridized carbons (Fsp3) is 0.286. The summed E-state index contributed by atoms with van der Waals surface area (Å²) in [5.41, 5.74) is -0.789. The maximum absolute atomic E-state index is 12.7. The summed E-state index contributed by atoms with van der Waals surface area (Å²) in [6, 6.07) is 5.13. The van der Waals surface area contributed by atoms with Crippen LogP contribution in [-0.2, 0) is 12.6 Å². The molecule has 0 atom stereocenters. The fourth-order valence-corrected chi connectivity index (χ4v) is 2.00. The van der Waals surface area contributed by atoms with E-state index in [2.05, 4.69) is 4.98 Å². The van der Waals surface area contributed by atoms with Gasteiger partial charge in [0, 0.05) is 24.5 Å². The Morgan fingerprint density at radius 1 is 1.35 bits per heavy atom. The van der Waals surface area contributed by atoms with Crippen molar-refractivity contribution in [2.45, 2.75) is 25.9 Å². The molecule has 2 aromatic rings. The van der Waals surface area contributed by atoms with E-state index in [0.717, 1.165) is 24.7 Å². The lowest BCUT2D eigenvalue weighted by atomic mass is 10.1. The van der Waals surface area contributed by atoms with E-state index in [1.54, 1.807) is 23.0 Å². The van der Waals surface area contributed by atoms with Crippen LogP contribution in [0.3, 0.4) is 0 Å². The highest BCUT2D eigenvalue weighted by molar-refractivity contribution is 5.48. The van der Waals surface area contributed by atoms with E-state index in [-0.39, 0.29) is 5.56 Å². The summed E-state index contributed by atoms with van der Waals surface area (Å²) < 4.78 is 39.9. The molecule has 0 aliphatic heterocycles. The number of aryl methyl sites for hydroxylation is 1. The molecule has 1 heterocycles. The maximum atomic E-state index is 12.7. The van der Waals surface area contributed by atoms with Crippen LogP contribution in [0.25, 0.3) is 5.69 Å². The molecule has 20 heavy (non-hydrogen) atoms. The van der Waals surface area contributed by atoms with Crippen LogP contribution in [0.4, 0.5) is 13.2 Å². The molecule has 0 fully saturated rings. The van der Waals surface area contributed by atoms with Gasteiger partial charge in [0.25, 0.3) is 0 Å². The minimum atomic E-state index is -4.52. The average molecular weight is 279 g/mol. The molecule has 0 aliphatic carbocycles. The van der Waals surface area contributed by atoms with Gasteiger partial charge in [-0.3, -0.25) is 0 Å². The Labute approximate surface area is 114 Å². The number of benzene rings is 1. The summed E-state index contributed by atoms with van der Waals surface area (Å²) in [6.45, 7) is 1.99. The highest BCUT2D eigenvalue weighted by atomic mass is 19.4. The van der Waals surface area contributed by atoms with Crippen molar-refractivity contribution in [1.29, 1.82) is 5.26 Å². The van der Waals surface area contributed by atoms with Crippen LogP contribution in [0.5, 0.6) is 0 Å². The Morgan fingerprint density at radius 3 is 2.70 bits per heavy atom. The molecule has 1 aromatic heterocycles. The molecular weight excluding hydrogens is 267 g/mol. The molecule has 2 rings (SSSR count). The Kier molecular flexibility index (Phi) is 3.79. The molecule has 1 aromatic carbocycles. The van der Waals surface area contributed by atoms with Crippen LogP contribution in [0.15, 0.2) is 30.6 Å². The van der Waals surface area contributed by atoms with Gasteiger partial charge >= 0.3 is 6.18 Å². The number of hydrogen-bond donors (Lipinski definition) is 0. The first kappa shape index (κ1) is 14.1. The van der Waals surface area contributed by atoms with Gasteiger partial charge in [0.05, 0.1) is 17.2 Å². The second-order valence-corrected chi connectivity index (χ2v) is 4.30. The summed E-state index contributed by atoms with van der Waals surface area (Å²) in [5.74, 6) is 0.760. The van der Waals surface area contributed by atoms with Crippen molar-refractivity contribution in [2.24, 2.45) is 0 Å². The monoisotopic (exact) mass is 279 g/mol. The molecule has 0 amide bonds. The molecule has 104 valence electrons. The lowest BCUT2D eigenvalue weighted by Crippen LogP contribution is -2.09. The normalized spacial score (nSPS) is 11.3. The standard InChI is InChI=1S/C14H12F3N3/c1-2-3-13-19-6-7-20(13)11-4-5-12(14(15,16)17)10(8-11)9-18/h4-8H,2-3H2,1H3. The van der Waals surface area contributed by atoms with Gasteiger partial charge in [0.1, 0.15) is 5.82 Å². The summed E-state index contributed by atoms with van der Waals surface area (Å²) in [4.78, 5) is 4.17. The third-order valence-corrected chi connectivity index (χ3v) is 2.90. The molecule has 0 saturated carbocycles. The average Bonchev–Trinajstić information content (AvgIpc) is 2.85. The highest BCUT2D eigenvalue weighted by Gasteiger charge is 2.33. The van der Waals surface area contributed by atoms with Crippen molar-refractivity contribution >= 4 is 0 Å². The largest absolute Gasteiger partial charge is 0.417 e. The van der Waals surface area contributed by atoms with Crippen LogP contribution in [0.2, 0.25) is 0 Å². The van der Waals surface area contributed by atoms with E-state index in [4.69, 9.17) is 5.26 Å². The van der Waals surface area contributed by atoms with Gasteiger partial charge in [-0.25, -0.2) is 4.98 Å². The number of nitriles is 1. The van der Waals surface area contributed by atoms with Crippen LogP contribution >= 0.6 is 0 Å². The van der Waals surface area contributed by atoms with Gasteiger partial charge in [-0.2, -0.15) is 18.4 Å². The zero-order valence-corrected chi connectivity index (χ0v) is 10.8. The third kappa shape index (κ3) is 2.67. The number of hydrogen-bond acceptors (Lipinski definition) is 2. The van der Waals surface area contributed by atoms with Crippen molar-refractivity contribution in [3.05, 3.63) is 47.5 Å². The minimum absolute atomic E-state index is 0.383. The van der Waals surface area contributed by atoms with Crippen molar-refractivity contribution < 1.29 is 13.2 Å². The van der Waals surface area contributed by atoms with E-state index in [0.29, 0.717) is 5.69 Å². The van der Waals surface area contributed by atoms with E-state index >= 15 is 0 Å². The van der Waals surface area contributed by atoms with Crippen LogP contribution in [0.1, 0.15) is 30.3 Å². The molecule has 0 saturated heterocycles. The molecule has 0 aliphatic rings. The molecule has 0 radical (unpaired) electrons. The summed E-state index contributed by atoms with van der Waals surface area (Å²) in [5, 5.41) is 8.90. The first-order valence-electron chi connectivity index (χ1n) is 6.11. The first-order valence-corrected chi connectivity index (χ1v) is 6.11. The molecular formula is C14H12F3N3. The second kappa shape index (κ2) is 5.37. The van der Waals surface area contributed by atoms with Gasteiger partial charge in [-0.1, -0.05) is 6.92 Å². The van der Waals surface area contributed by atoms with E-state index in [1.165, 1.54) is 12.1 Å². The molecule has 6 heteroatoms. The Balaban J connectivity index is 2.50. The van der Waals surface area contributed by atoms with Gasteiger partial charge in [-0.05, 0) is 24.6 Å². The maximum Gasteiger partial charge on any atom is 0.417 e. The Bertz CT molecular complexity index is 650. The van der Waals surface area contributed by atoms with Gasteiger partial charge in [0.2, 0.25) is 0 Å². The smallest absolute Gasteiger partial charge is 0.304 e. The van der Waals surface area contributed by atoms with E-state index in [1.807, 2.05) is 6.92 Å². The predicted molar refractivity (Wildman–Crippen MR) is 67.3 cm³/mol. The number of nitrogens with zero attached hydrogens (tertiary/aromatic N) is 3. The zero-order chi connectivity index (χ0) is 14.8. The third-order valence-electron chi connectivity index (χ3n) is 2.90. The van der Waals surface area contributed by atoms with Crippen molar-refractivity contribution in [1.82, 2.24) is 9.55 Å².